The molecule has 0 saturated carbocycles. The molecule has 0 aliphatic rings. The Morgan fingerprint density at radius 2 is 2.12 bits per heavy atom. The van der Waals surface area contributed by atoms with E-state index < -0.39 is 0 Å². The van der Waals surface area contributed by atoms with Crippen LogP contribution >= 0.6 is 0 Å². The molecule has 0 bridgehead atoms. The summed E-state index contributed by atoms with van der Waals surface area (Å²) in [6.45, 7) is 0. The molecule has 8 heavy (non-hydrogen) atoms. The summed E-state index contributed by atoms with van der Waals surface area (Å²) in [7, 11) is 3.04. The van der Waals surface area contributed by atoms with Crippen LogP contribution in [0.5, 0.6) is 0 Å². The number of nitrogens with one attached hydrogen (secondary N) is 4. The summed E-state index contributed by atoms with van der Waals surface area (Å²) in [5, 5.41) is 12.5. The first-order chi connectivity index (χ1) is 3.81. The minimum atomic E-state index is -0.171. The van der Waals surface area contributed by atoms with Crippen LogP contribution in [-0.2, 0) is 0 Å². The van der Waals surface area contributed by atoms with E-state index in [1.54, 1.807) is 0 Å². The van der Waals surface area contributed by atoms with Crippen molar-refractivity contribution in [2.45, 2.75) is 0 Å². The number of hydrogen-bond acceptors (Lipinski definition) is 4. The van der Waals surface area contributed by atoms with Gasteiger partial charge >= 0.3 is 45.6 Å². The molecule has 0 aliphatic carbocycles. The van der Waals surface area contributed by atoms with Crippen LogP contribution in [0, 0.1) is 10.9 Å². The molecule has 0 radical (unpaired) electrons. The molecule has 42 valence electrons. The zero-order valence-corrected chi connectivity index (χ0v) is 4.10. The predicted octanol–water partition coefficient (Wildman–Crippen LogP) is -0.954. The summed E-state index contributed by atoms with van der Waals surface area (Å²) in [4.78, 5) is 0. The van der Waals surface area contributed by atoms with Gasteiger partial charge in [-0.2, -0.15) is 0 Å². The van der Waals surface area contributed by atoms with Gasteiger partial charge in [-0.3, -0.25) is 0 Å². The molecule has 0 spiro atoms. The average molecular weight is 112 g/mol. The molecule has 0 fully saturated rings. The van der Waals surface area contributed by atoms with Gasteiger partial charge < -0.3 is 0 Å². The summed E-state index contributed by atoms with van der Waals surface area (Å²) in [6.07, 6.45) is 0. The van der Waals surface area contributed by atoms with Crippen LogP contribution < -0.4 is 10.9 Å². The molecule has 0 aromatic carbocycles. The first kappa shape index (κ1) is 6.73. The SMILES string of the molecule is B=NNC(=N)NN=N. The fourth-order valence-corrected chi connectivity index (χ4v) is 0.160. The van der Waals surface area contributed by atoms with E-state index >= 15 is 0 Å². The molecule has 0 unspecified atom stereocenters. The van der Waals surface area contributed by atoms with Crippen LogP contribution in [0.3, 0.4) is 0 Å². The molecule has 0 aromatic heterocycles. The standard InChI is InChI=1S/CH5BN6/c2-7-5-1(3)6-8-4/h2H,(H4,3,4,5,6). The Bertz CT molecular complexity index is 95.1. The zero-order chi connectivity index (χ0) is 6.41. The Hall–Kier alpha value is -1.27. The molecular weight excluding hydrogens is 107 g/mol. The second-order valence-electron chi connectivity index (χ2n) is 0.869. The van der Waals surface area contributed by atoms with E-state index in [0.29, 0.717) is 0 Å². The molecule has 0 heterocycles. The molecule has 0 saturated heterocycles. The predicted molar refractivity (Wildman–Crippen MR) is 28.7 cm³/mol. The van der Waals surface area contributed by atoms with Crippen molar-refractivity contribution in [3.8, 4) is 0 Å². The van der Waals surface area contributed by atoms with E-state index in [-0.39, 0.29) is 5.96 Å². The fourth-order valence-electron chi connectivity index (χ4n) is 0.160. The summed E-state index contributed by atoms with van der Waals surface area (Å²) >= 11 is 0. The van der Waals surface area contributed by atoms with Gasteiger partial charge in [0.1, 0.15) is 0 Å². The van der Waals surface area contributed by atoms with E-state index in [1.807, 2.05) is 5.43 Å². The van der Waals surface area contributed by atoms with Crippen molar-refractivity contribution in [2.75, 3.05) is 0 Å². The van der Waals surface area contributed by atoms with Crippen molar-refractivity contribution < 1.29 is 0 Å². The monoisotopic (exact) mass is 112 g/mol. The minimum absolute atomic E-state index is 0.171. The molecule has 0 aromatic rings. The van der Waals surface area contributed by atoms with E-state index in [1.165, 1.54) is 0 Å². The van der Waals surface area contributed by atoms with E-state index in [2.05, 4.69) is 23.3 Å². The molecule has 6 nitrogen and oxygen atoms in total. The average Bonchev–Trinajstić information content (AvgIpc) is 1.68. The van der Waals surface area contributed by atoms with Gasteiger partial charge in [-0.15, -0.1) is 0 Å². The summed E-state index contributed by atoms with van der Waals surface area (Å²) in [5.41, 5.74) is 10.3. The summed E-state index contributed by atoms with van der Waals surface area (Å²) in [5.74, 6) is -0.171. The molecule has 0 atom stereocenters. The number of hydrogen-bond donors (Lipinski definition) is 4. The Kier molecular flexibility index (Phi) is 3.29. The quantitative estimate of drug-likeness (QED) is 0.122. The van der Waals surface area contributed by atoms with Crippen LogP contribution in [0.25, 0.3) is 0 Å². The van der Waals surface area contributed by atoms with Gasteiger partial charge in [-0.25, -0.2) is 0 Å². The number of nitrogens with zero attached hydrogens (tertiary/aromatic N) is 2. The van der Waals surface area contributed by atoms with Gasteiger partial charge in [0.25, 0.3) is 0 Å². The molecule has 7 heteroatoms. The zero-order valence-electron chi connectivity index (χ0n) is 4.10. The van der Waals surface area contributed by atoms with Crippen LogP contribution in [0.1, 0.15) is 0 Å². The topological polar surface area (TPSA) is 96.5 Å². The van der Waals surface area contributed by atoms with Gasteiger partial charge in [0.05, 0.1) is 0 Å². The van der Waals surface area contributed by atoms with Gasteiger partial charge in [0.15, 0.2) is 0 Å². The second kappa shape index (κ2) is 3.91. The van der Waals surface area contributed by atoms with Crippen LogP contribution in [0.15, 0.2) is 10.2 Å². The Morgan fingerprint density at radius 3 is 2.50 bits per heavy atom. The van der Waals surface area contributed by atoms with Gasteiger partial charge in [-0.05, 0) is 0 Å². The van der Waals surface area contributed by atoms with Crippen molar-refractivity contribution in [1.29, 1.82) is 10.9 Å². The normalized spacial score (nSPS) is 6.88. The van der Waals surface area contributed by atoms with E-state index in [4.69, 9.17) is 10.9 Å². The van der Waals surface area contributed by atoms with Crippen molar-refractivity contribution >= 4 is 13.6 Å². The summed E-state index contributed by atoms with van der Waals surface area (Å²) < 4.78 is 0. The third-order valence-corrected chi connectivity index (χ3v) is 0.359. The molecule has 4 N–H and O–H groups in total. The van der Waals surface area contributed by atoms with E-state index in [0.717, 1.165) is 0 Å². The van der Waals surface area contributed by atoms with Crippen molar-refractivity contribution in [2.24, 2.45) is 10.2 Å². The Balaban J connectivity index is 3.32. The van der Waals surface area contributed by atoms with Crippen molar-refractivity contribution in [3.63, 3.8) is 0 Å². The van der Waals surface area contributed by atoms with E-state index in [9.17, 15) is 0 Å². The maximum absolute atomic E-state index is 6.72. The number of rotatable bonds is 2. The Labute approximate surface area is 46.8 Å². The van der Waals surface area contributed by atoms with Crippen LogP contribution in [-0.4, -0.2) is 13.6 Å². The molecule has 0 aliphatic heterocycles. The number of guanidine groups is 1. The third kappa shape index (κ3) is 2.95. The van der Waals surface area contributed by atoms with Crippen molar-refractivity contribution in [1.82, 2.24) is 10.9 Å². The van der Waals surface area contributed by atoms with Gasteiger partial charge in [-0.1, -0.05) is 0 Å². The molecule has 0 amide bonds. The van der Waals surface area contributed by atoms with Crippen LogP contribution in [0.4, 0.5) is 0 Å². The van der Waals surface area contributed by atoms with Gasteiger partial charge in [0.2, 0.25) is 0 Å². The van der Waals surface area contributed by atoms with Crippen molar-refractivity contribution in [3.05, 3.63) is 0 Å². The Morgan fingerprint density at radius 1 is 1.50 bits per heavy atom. The van der Waals surface area contributed by atoms with Gasteiger partial charge in [0, 0.05) is 0 Å². The molecular formula is CH5BN6. The summed E-state index contributed by atoms with van der Waals surface area (Å²) in [6, 6.07) is 0. The fraction of sp³-hybridized carbons (Fsp3) is 0. The van der Waals surface area contributed by atoms with Crippen LogP contribution in [0.2, 0.25) is 0 Å². The molecule has 0 rings (SSSR count). The first-order valence-corrected chi connectivity index (χ1v) is 1.74. The second-order valence-corrected chi connectivity index (χ2v) is 0.869. The first-order valence-electron chi connectivity index (χ1n) is 1.74. The third-order valence-electron chi connectivity index (χ3n) is 0.359. The maximum atomic E-state index is 6.72.